The first-order valence-corrected chi connectivity index (χ1v) is 6.77. The third-order valence-corrected chi connectivity index (χ3v) is 3.24. The molecule has 0 aliphatic carbocycles. The van der Waals surface area contributed by atoms with Crippen molar-refractivity contribution in [3.05, 3.63) is 30.6 Å². The second-order valence-corrected chi connectivity index (χ2v) is 4.80. The van der Waals surface area contributed by atoms with Gasteiger partial charge in [0.25, 0.3) is 0 Å². The fraction of sp³-hybridized carbons (Fsp3) is 0.214. The van der Waals surface area contributed by atoms with Crippen LogP contribution in [0.5, 0.6) is 17.4 Å². The molecule has 8 heteroatoms. The van der Waals surface area contributed by atoms with Gasteiger partial charge in [0.05, 0.1) is 6.33 Å². The van der Waals surface area contributed by atoms with Gasteiger partial charge in [-0.1, -0.05) is 12.1 Å². The van der Waals surface area contributed by atoms with E-state index in [0.29, 0.717) is 29.4 Å². The summed E-state index contributed by atoms with van der Waals surface area (Å²) in [7, 11) is 0. The third-order valence-electron chi connectivity index (χ3n) is 3.24. The molecule has 0 saturated carbocycles. The number of benzene rings is 1. The Morgan fingerprint density at radius 2 is 2.14 bits per heavy atom. The number of anilines is 1. The first-order valence-electron chi connectivity index (χ1n) is 6.77. The van der Waals surface area contributed by atoms with E-state index in [0.717, 1.165) is 5.75 Å². The number of para-hydroxylation sites is 2. The number of imidazole rings is 1. The Hall–Kier alpha value is -3.03. The number of nitrogens with one attached hydrogen (secondary N) is 1. The van der Waals surface area contributed by atoms with Gasteiger partial charge in [0.2, 0.25) is 11.8 Å². The molecule has 3 aromatic rings. The van der Waals surface area contributed by atoms with Gasteiger partial charge in [-0.3, -0.25) is 0 Å². The highest BCUT2D eigenvalue weighted by atomic mass is 16.6. The molecule has 3 N–H and O–H groups in total. The van der Waals surface area contributed by atoms with Crippen LogP contribution in [-0.2, 0) is 0 Å². The number of rotatable bonds is 3. The van der Waals surface area contributed by atoms with Crippen molar-refractivity contribution in [2.75, 3.05) is 18.9 Å². The van der Waals surface area contributed by atoms with Crippen molar-refractivity contribution in [2.24, 2.45) is 0 Å². The molecule has 1 atom stereocenters. The molecule has 22 heavy (non-hydrogen) atoms. The lowest BCUT2D eigenvalue weighted by Gasteiger charge is -2.26. The van der Waals surface area contributed by atoms with Crippen molar-refractivity contribution in [3.8, 4) is 17.4 Å². The fourth-order valence-electron chi connectivity index (χ4n) is 2.24. The van der Waals surface area contributed by atoms with Crippen LogP contribution in [-0.4, -0.2) is 39.3 Å². The molecule has 3 heterocycles. The molecule has 0 amide bonds. The van der Waals surface area contributed by atoms with Gasteiger partial charge >= 0.3 is 0 Å². The van der Waals surface area contributed by atoms with Gasteiger partial charge in [-0.2, -0.15) is 9.97 Å². The lowest BCUT2D eigenvalue weighted by Crippen LogP contribution is -2.34. The molecule has 4 rings (SSSR count). The van der Waals surface area contributed by atoms with Gasteiger partial charge in [-0.05, 0) is 12.1 Å². The summed E-state index contributed by atoms with van der Waals surface area (Å²) in [6.07, 6.45) is 1.28. The van der Waals surface area contributed by atoms with Crippen LogP contribution < -0.4 is 19.9 Å². The third kappa shape index (κ3) is 2.24. The van der Waals surface area contributed by atoms with E-state index >= 15 is 0 Å². The average Bonchev–Trinajstić information content (AvgIpc) is 3.00. The molecule has 8 nitrogen and oxygen atoms in total. The van der Waals surface area contributed by atoms with Crippen molar-refractivity contribution < 1.29 is 14.2 Å². The summed E-state index contributed by atoms with van der Waals surface area (Å²) in [4.78, 5) is 15.1. The second kappa shape index (κ2) is 5.06. The molecule has 2 aromatic heterocycles. The Labute approximate surface area is 125 Å². The van der Waals surface area contributed by atoms with Crippen LogP contribution in [0.3, 0.4) is 0 Å². The molecular formula is C14H13N5O3. The van der Waals surface area contributed by atoms with Crippen molar-refractivity contribution in [1.29, 1.82) is 0 Å². The molecule has 0 radical (unpaired) electrons. The highest BCUT2D eigenvalue weighted by molar-refractivity contribution is 5.76. The van der Waals surface area contributed by atoms with Gasteiger partial charge < -0.3 is 24.9 Å². The molecule has 0 spiro atoms. The zero-order chi connectivity index (χ0) is 14.9. The predicted octanol–water partition coefficient (Wildman–Crippen LogP) is 1.15. The number of aromatic amines is 1. The van der Waals surface area contributed by atoms with E-state index in [4.69, 9.17) is 19.9 Å². The van der Waals surface area contributed by atoms with E-state index in [-0.39, 0.29) is 18.7 Å². The molecule has 1 aliphatic heterocycles. The van der Waals surface area contributed by atoms with Crippen molar-refractivity contribution in [1.82, 2.24) is 19.9 Å². The smallest absolute Gasteiger partial charge is 0.245 e. The minimum Gasteiger partial charge on any atom is -0.486 e. The molecule has 0 fully saturated rings. The minimum absolute atomic E-state index is 0.112. The van der Waals surface area contributed by atoms with E-state index in [1.165, 1.54) is 6.33 Å². The summed E-state index contributed by atoms with van der Waals surface area (Å²) in [5.41, 5.74) is 6.71. The van der Waals surface area contributed by atoms with Crippen LogP contribution in [0, 0.1) is 0 Å². The Balaban J connectivity index is 1.50. The number of ether oxygens (including phenoxy) is 3. The average molecular weight is 299 g/mol. The molecule has 0 saturated heterocycles. The summed E-state index contributed by atoms with van der Waals surface area (Å²) in [5.74, 6) is 1.90. The standard InChI is InChI=1S/C14H13N5O3/c15-14-18-12-11(16-7-17-12)13(19-14)21-6-8-5-20-9-3-1-2-4-10(9)22-8/h1-4,7-8H,5-6H2,(H3,15,16,17,18,19). The van der Waals surface area contributed by atoms with Crippen LogP contribution in [0.2, 0.25) is 0 Å². The SMILES string of the molecule is Nc1nc(OCC2COc3ccccc3O2)c2[nH]cnc2n1. The van der Waals surface area contributed by atoms with E-state index in [1.807, 2.05) is 24.3 Å². The molecule has 112 valence electrons. The molecular weight excluding hydrogens is 286 g/mol. The number of aromatic nitrogens is 4. The maximum atomic E-state index is 5.83. The number of hydrogen-bond acceptors (Lipinski definition) is 7. The highest BCUT2D eigenvalue weighted by Crippen LogP contribution is 2.31. The van der Waals surface area contributed by atoms with E-state index in [1.54, 1.807) is 0 Å². The molecule has 1 aliphatic rings. The van der Waals surface area contributed by atoms with Gasteiger partial charge in [-0.15, -0.1) is 0 Å². The molecule has 0 bridgehead atoms. The second-order valence-electron chi connectivity index (χ2n) is 4.80. The normalized spacial score (nSPS) is 16.6. The largest absolute Gasteiger partial charge is 0.486 e. The summed E-state index contributed by atoms with van der Waals surface area (Å²) in [5, 5.41) is 0. The summed E-state index contributed by atoms with van der Waals surface area (Å²) in [6, 6.07) is 7.52. The number of hydrogen-bond donors (Lipinski definition) is 2. The Bertz CT molecular complexity index is 819. The van der Waals surface area contributed by atoms with Crippen molar-refractivity contribution in [3.63, 3.8) is 0 Å². The summed E-state index contributed by atoms with van der Waals surface area (Å²) in [6.45, 7) is 0.683. The van der Waals surface area contributed by atoms with E-state index < -0.39 is 0 Å². The van der Waals surface area contributed by atoms with Crippen LogP contribution in [0.4, 0.5) is 5.95 Å². The molecule has 1 aromatic carbocycles. The lowest BCUT2D eigenvalue weighted by molar-refractivity contribution is 0.0526. The van der Waals surface area contributed by atoms with Gasteiger partial charge in [0.15, 0.2) is 23.3 Å². The Kier molecular flexibility index (Phi) is 2.92. The van der Waals surface area contributed by atoms with Crippen LogP contribution in [0.1, 0.15) is 0 Å². The van der Waals surface area contributed by atoms with E-state index in [2.05, 4.69) is 19.9 Å². The van der Waals surface area contributed by atoms with Crippen molar-refractivity contribution in [2.45, 2.75) is 6.10 Å². The fourth-order valence-corrected chi connectivity index (χ4v) is 2.24. The highest BCUT2D eigenvalue weighted by Gasteiger charge is 2.22. The van der Waals surface area contributed by atoms with Crippen LogP contribution in [0.25, 0.3) is 11.2 Å². The zero-order valence-electron chi connectivity index (χ0n) is 11.5. The van der Waals surface area contributed by atoms with Crippen LogP contribution in [0.15, 0.2) is 30.6 Å². The number of nitrogen functional groups attached to an aromatic ring is 1. The van der Waals surface area contributed by atoms with Crippen LogP contribution >= 0.6 is 0 Å². The maximum absolute atomic E-state index is 5.83. The number of nitrogens with zero attached hydrogens (tertiary/aromatic N) is 3. The zero-order valence-corrected chi connectivity index (χ0v) is 11.5. The monoisotopic (exact) mass is 299 g/mol. The minimum atomic E-state index is -0.232. The van der Waals surface area contributed by atoms with Gasteiger partial charge in [0, 0.05) is 0 Å². The predicted molar refractivity (Wildman–Crippen MR) is 77.9 cm³/mol. The molecule has 1 unspecified atom stereocenters. The number of nitrogens with two attached hydrogens (primary N) is 1. The lowest BCUT2D eigenvalue weighted by atomic mass is 10.3. The quantitative estimate of drug-likeness (QED) is 0.746. The first-order chi connectivity index (χ1) is 10.8. The topological polar surface area (TPSA) is 108 Å². The number of fused-ring (bicyclic) bond motifs is 2. The Morgan fingerprint density at radius 1 is 1.27 bits per heavy atom. The number of H-pyrrole nitrogens is 1. The first kappa shape index (κ1) is 12.7. The van der Waals surface area contributed by atoms with E-state index in [9.17, 15) is 0 Å². The summed E-state index contributed by atoms with van der Waals surface area (Å²) < 4.78 is 17.2. The van der Waals surface area contributed by atoms with Gasteiger partial charge in [-0.25, -0.2) is 4.98 Å². The Morgan fingerprint density at radius 3 is 3.05 bits per heavy atom. The summed E-state index contributed by atoms with van der Waals surface area (Å²) >= 11 is 0. The van der Waals surface area contributed by atoms with Gasteiger partial charge in [0.1, 0.15) is 18.7 Å². The maximum Gasteiger partial charge on any atom is 0.245 e. The van der Waals surface area contributed by atoms with Crippen molar-refractivity contribution >= 4 is 17.1 Å².